The number of morpholine rings is 1. The van der Waals surface area contributed by atoms with Crippen molar-refractivity contribution in [3.63, 3.8) is 0 Å². The van der Waals surface area contributed by atoms with Gasteiger partial charge >= 0.3 is 0 Å². The fraction of sp³-hybridized carbons (Fsp3) is 0.923. The Kier molecular flexibility index (Phi) is 3.34. The van der Waals surface area contributed by atoms with E-state index in [1.807, 2.05) is 0 Å². The van der Waals surface area contributed by atoms with E-state index < -0.39 is 0 Å². The third-order valence-electron chi connectivity index (χ3n) is 4.41. The number of piperidine rings is 1. The van der Waals surface area contributed by atoms with Crippen molar-refractivity contribution in [2.45, 2.75) is 44.2 Å². The van der Waals surface area contributed by atoms with Crippen molar-refractivity contribution in [1.29, 1.82) is 0 Å². The number of fused-ring (bicyclic) bond motifs is 1. The maximum atomic E-state index is 12.5. The largest absolute Gasteiger partial charge is 0.374 e. The van der Waals surface area contributed by atoms with Gasteiger partial charge in [0.2, 0.25) is 5.91 Å². The van der Waals surface area contributed by atoms with E-state index in [0.29, 0.717) is 18.1 Å². The standard InChI is InChI=1S/C13H22N2O2/c16-13(10-3-2-6-14-9-10)15-7-8-17-12-5-1-4-11(12)15/h10-12,14H,1-9H2/t10-,11?,12?/m1/s1. The predicted octanol–water partition coefficient (Wildman–Crippen LogP) is 0.766. The number of nitrogens with zero attached hydrogens (tertiary/aromatic N) is 1. The Balaban J connectivity index is 1.67. The van der Waals surface area contributed by atoms with Crippen molar-refractivity contribution < 1.29 is 9.53 Å². The number of rotatable bonds is 1. The zero-order valence-electron chi connectivity index (χ0n) is 10.4. The van der Waals surface area contributed by atoms with Crippen molar-refractivity contribution in [2.24, 2.45) is 5.92 Å². The quantitative estimate of drug-likeness (QED) is 0.733. The Hall–Kier alpha value is -0.610. The number of nitrogens with one attached hydrogen (secondary N) is 1. The van der Waals surface area contributed by atoms with Crippen LogP contribution < -0.4 is 5.32 Å². The minimum absolute atomic E-state index is 0.211. The fourth-order valence-electron chi connectivity index (χ4n) is 3.50. The molecule has 0 aromatic heterocycles. The van der Waals surface area contributed by atoms with Gasteiger partial charge in [-0.05, 0) is 38.6 Å². The molecule has 96 valence electrons. The van der Waals surface area contributed by atoms with Gasteiger partial charge in [0.25, 0.3) is 0 Å². The summed E-state index contributed by atoms with van der Waals surface area (Å²) in [7, 11) is 0. The lowest BCUT2D eigenvalue weighted by Gasteiger charge is -2.40. The van der Waals surface area contributed by atoms with Crippen LogP contribution in [-0.2, 0) is 9.53 Å². The summed E-state index contributed by atoms with van der Waals surface area (Å²) in [6.45, 7) is 3.47. The van der Waals surface area contributed by atoms with Gasteiger partial charge in [-0.1, -0.05) is 0 Å². The molecule has 0 aromatic carbocycles. The number of carbonyl (C=O) groups is 1. The highest BCUT2D eigenvalue weighted by molar-refractivity contribution is 5.79. The summed E-state index contributed by atoms with van der Waals surface area (Å²) in [5.41, 5.74) is 0. The minimum Gasteiger partial charge on any atom is -0.374 e. The van der Waals surface area contributed by atoms with E-state index in [2.05, 4.69) is 10.2 Å². The van der Waals surface area contributed by atoms with Crippen LogP contribution in [0.15, 0.2) is 0 Å². The third-order valence-corrected chi connectivity index (χ3v) is 4.41. The zero-order chi connectivity index (χ0) is 11.7. The number of hydrogen-bond donors (Lipinski definition) is 1. The summed E-state index contributed by atoms with van der Waals surface area (Å²) in [5.74, 6) is 0.584. The Bertz CT molecular complexity index is 289. The first kappa shape index (κ1) is 11.5. The lowest BCUT2D eigenvalue weighted by molar-refractivity contribution is -0.148. The monoisotopic (exact) mass is 238 g/mol. The molecule has 3 atom stereocenters. The van der Waals surface area contributed by atoms with E-state index in [1.54, 1.807) is 0 Å². The van der Waals surface area contributed by atoms with E-state index in [0.717, 1.165) is 51.9 Å². The molecule has 1 aliphatic carbocycles. The summed E-state index contributed by atoms with van der Waals surface area (Å²) >= 11 is 0. The Morgan fingerprint density at radius 1 is 1.24 bits per heavy atom. The first-order chi connectivity index (χ1) is 8.36. The average Bonchev–Trinajstić information content (AvgIpc) is 2.87. The molecule has 1 amide bonds. The summed E-state index contributed by atoms with van der Waals surface area (Å²) in [6, 6.07) is 0.373. The van der Waals surface area contributed by atoms with E-state index in [9.17, 15) is 4.79 Å². The first-order valence-electron chi connectivity index (χ1n) is 6.99. The SMILES string of the molecule is O=C([C@@H]1CCCNC1)N1CCOC2CCCC21. The van der Waals surface area contributed by atoms with Crippen LogP contribution in [0.1, 0.15) is 32.1 Å². The molecule has 0 aromatic rings. The number of hydrogen-bond acceptors (Lipinski definition) is 3. The van der Waals surface area contributed by atoms with E-state index in [1.165, 1.54) is 6.42 Å². The summed E-state index contributed by atoms with van der Waals surface area (Å²) in [6.07, 6.45) is 6.00. The highest BCUT2D eigenvalue weighted by atomic mass is 16.5. The lowest BCUT2D eigenvalue weighted by atomic mass is 9.96. The molecule has 0 spiro atoms. The van der Waals surface area contributed by atoms with Gasteiger partial charge in [-0.15, -0.1) is 0 Å². The molecule has 3 aliphatic rings. The van der Waals surface area contributed by atoms with Crippen LogP contribution in [0.2, 0.25) is 0 Å². The second-order valence-corrected chi connectivity index (χ2v) is 5.48. The van der Waals surface area contributed by atoms with Crippen molar-refractivity contribution in [3.8, 4) is 0 Å². The van der Waals surface area contributed by atoms with Gasteiger partial charge in [0.1, 0.15) is 0 Å². The van der Waals surface area contributed by atoms with Crippen LogP contribution in [0.4, 0.5) is 0 Å². The zero-order valence-corrected chi connectivity index (χ0v) is 10.4. The minimum atomic E-state index is 0.211. The summed E-state index contributed by atoms with van der Waals surface area (Å²) in [4.78, 5) is 14.6. The van der Waals surface area contributed by atoms with Crippen LogP contribution in [-0.4, -0.2) is 49.2 Å². The van der Waals surface area contributed by atoms with Crippen LogP contribution in [0.3, 0.4) is 0 Å². The van der Waals surface area contributed by atoms with Crippen molar-refractivity contribution >= 4 is 5.91 Å². The molecule has 17 heavy (non-hydrogen) atoms. The van der Waals surface area contributed by atoms with Gasteiger partial charge in [0.15, 0.2) is 0 Å². The highest BCUT2D eigenvalue weighted by Gasteiger charge is 2.40. The molecule has 0 bridgehead atoms. The fourth-order valence-corrected chi connectivity index (χ4v) is 3.50. The van der Waals surface area contributed by atoms with E-state index in [-0.39, 0.29) is 5.92 Å². The predicted molar refractivity (Wildman–Crippen MR) is 64.7 cm³/mol. The summed E-state index contributed by atoms with van der Waals surface area (Å²) < 4.78 is 5.76. The van der Waals surface area contributed by atoms with Gasteiger partial charge < -0.3 is 15.0 Å². The van der Waals surface area contributed by atoms with E-state index in [4.69, 9.17) is 4.74 Å². The maximum Gasteiger partial charge on any atom is 0.227 e. The molecule has 2 saturated heterocycles. The van der Waals surface area contributed by atoms with Crippen LogP contribution in [0.25, 0.3) is 0 Å². The lowest BCUT2D eigenvalue weighted by Crippen LogP contribution is -2.54. The topological polar surface area (TPSA) is 41.6 Å². The van der Waals surface area contributed by atoms with Gasteiger partial charge in [-0.3, -0.25) is 4.79 Å². The number of ether oxygens (including phenoxy) is 1. The molecular weight excluding hydrogens is 216 g/mol. The van der Waals surface area contributed by atoms with E-state index >= 15 is 0 Å². The van der Waals surface area contributed by atoms with Crippen molar-refractivity contribution in [1.82, 2.24) is 10.2 Å². The van der Waals surface area contributed by atoms with Gasteiger partial charge in [-0.25, -0.2) is 0 Å². The average molecular weight is 238 g/mol. The van der Waals surface area contributed by atoms with Crippen LogP contribution in [0, 0.1) is 5.92 Å². The van der Waals surface area contributed by atoms with Gasteiger partial charge in [-0.2, -0.15) is 0 Å². The van der Waals surface area contributed by atoms with Crippen molar-refractivity contribution in [3.05, 3.63) is 0 Å². The normalized spacial score (nSPS) is 37.9. The molecule has 1 N–H and O–H groups in total. The number of carbonyl (C=O) groups excluding carboxylic acids is 1. The summed E-state index contributed by atoms with van der Waals surface area (Å²) in [5, 5.41) is 3.34. The smallest absolute Gasteiger partial charge is 0.227 e. The number of amides is 1. The molecule has 2 unspecified atom stereocenters. The van der Waals surface area contributed by atoms with Gasteiger partial charge in [0, 0.05) is 13.1 Å². The Labute approximate surface area is 103 Å². The molecule has 3 fully saturated rings. The molecule has 4 heteroatoms. The third kappa shape index (κ3) is 2.20. The molecule has 2 aliphatic heterocycles. The van der Waals surface area contributed by atoms with Crippen LogP contribution >= 0.6 is 0 Å². The highest BCUT2D eigenvalue weighted by Crippen LogP contribution is 2.31. The van der Waals surface area contributed by atoms with Crippen LogP contribution in [0.5, 0.6) is 0 Å². The first-order valence-corrected chi connectivity index (χ1v) is 6.99. The molecule has 2 heterocycles. The Morgan fingerprint density at radius 2 is 2.18 bits per heavy atom. The van der Waals surface area contributed by atoms with Gasteiger partial charge in [0.05, 0.1) is 24.7 Å². The second-order valence-electron chi connectivity index (χ2n) is 5.48. The molecule has 1 saturated carbocycles. The van der Waals surface area contributed by atoms with Crippen molar-refractivity contribution in [2.75, 3.05) is 26.2 Å². The molecule has 3 rings (SSSR count). The molecule has 0 radical (unpaired) electrons. The second kappa shape index (κ2) is 4.94. The molecular formula is C13H22N2O2. The Morgan fingerprint density at radius 3 is 3.00 bits per heavy atom. The maximum absolute atomic E-state index is 12.5. The molecule has 4 nitrogen and oxygen atoms in total.